The topological polar surface area (TPSA) is 44.8 Å². The number of carbonyl (C=O) groups is 1. The molecule has 0 aromatic heterocycles. The number of anilines is 2. The van der Waals surface area contributed by atoms with E-state index in [0.29, 0.717) is 37.2 Å². The number of halogens is 1. The zero-order valence-electron chi connectivity index (χ0n) is 16.7. The number of carbonyl (C=O) groups excluding carboxylic acids is 1. The maximum Gasteiger partial charge on any atom is 0.243 e. The van der Waals surface area contributed by atoms with Gasteiger partial charge in [-0.3, -0.25) is 4.79 Å². The number of fused-ring (bicyclic) bond motifs is 3. The molecule has 0 spiro atoms. The molecule has 3 heterocycles. The lowest BCUT2D eigenvalue weighted by atomic mass is 9.63. The molecule has 2 aromatic rings. The van der Waals surface area contributed by atoms with E-state index in [4.69, 9.17) is 20.4 Å². The molecule has 1 N–H and O–H groups in total. The van der Waals surface area contributed by atoms with Crippen LogP contribution < -0.4 is 15.0 Å². The summed E-state index contributed by atoms with van der Waals surface area (Å²) in [4.78, 5) is 16.7. The first-order valence-corrected chi connectivity index (χ1v) is 10.3. The van der Waals surface area contributed by atoms with E-state index >= 15 is 0 Å². The number of rotatable bonds is 5. The smallest absolute Gasteiger partial charge is 0.243 e. The minimum atomic E-state index is -1.33. The van der Waals surface area contributed by atoms with Gasteiger partial charge in [-0.25, -0.2) is 4.39 Å². The van der Waals surface area contributed by atoms with Gasteiger partial charge in [-0.1, -0.05) is 12.1 Å². The largest absolute Gasteiger partial charge is 0.507 e. The minimum absolute atomic E-state index is 0.0525. The van der Waals surface area contributed by atoms with Gasteiger partial charge in [0, 0.05) is 37.0 Å². The van der Waals surface area contributed by atoms with Gasteiger partial charge in [0.1, 0.15) is 27.3 Å². The number of hydrogen-bond donors (Lipinski definition) is 1. The number of nitrogens with zero attached hydrogens (tertiary/aromatic N) is 2. The van der Waals surface area contributed by atoms with E-state index in [9.17, 15) is 9.18 Å². The van der Waals surface area contributed by atoms with Crippen molar-refractivity contribution in [2.75, 3.05) is 36.4 Å². The third kappa shape index (κ3) is 3.58. The molecule has 150 valence electrons. The Labute approximate surface area is 178 Å². The molecule has 30 heavy (non-hydrogen) atoms. The van der Waals surface area contributed by atoms with Gasteiger partial charge >= 0.3 is 0 Å². The lowest BCUT2D eigenvalue weighted by Gasteiger charge is -2.40. The van der Waals surface area contributed by atoms with Crippen LogP contribution in [0.2, 0.25) is 0 Å². The van der Waals surface area contributed by atoms with Crippen LogP contribution in [0, 0.1) is 5.82 Å². The second-order valence-corrected chi connectivity index (χ2v) is 8.44. The van der Waals surface area contributed by atoms with Gasteiger partial charge in [-0.2, -0.15) is 0 Å². The van der Waals surface area contributed by atoms with Crippen molar-refractivity contribution < 1.29 is 13.9 Å². The van der Waals surface area contributed by atoms with Gasteiger partial charge in [-0.05, 0) is 48.7 Å². The molecule has 2 aromatic carbocycles. The molecule has 1 unspecified atom stereocenters. The standard InChI is InChI=1S/C22H22B2FN3O2/c23-22(24,30-15-6-4-14(25)5-7-15)9-11-27-10-8-19-17(12-27)16-2-1-3-18-21(16)28(19)13-20(29)26-18/h1-7,17,19H,8-13H2,(H,26,29)/t17-,19?/m0/s1. The van der Waals surface area contributed by atoms with Crippen molar-refractivity contribution >= 4 is 33.0 Å². The monoisotopic (exact) mass is 401 g/mol. The normalized spacial score (nSPS) is 23.0. The summed E-state index contributed by atoms with van der Waals surface area (Å²) >= 11 is 0. The summed E-state index contributed by atoms with van der Waals surface area (Å²) in [5, 5.41) is 1.66. The van der Waals surface area contributed by atoms with Gasteiger partial charge in [-0.15, -0.1) is 0 Å². The third-order valence-corrected chi connectivity index (χ3v) is 6.34. The summed E-state index contributed by atoms with van der Waals surface area (Å²) in [5.41, 5.74) is 3.40. The van der Waals surface area contributed by atoms with Crippen LogP contribution in [0.15, 0.2) is 42.5 Å². The highest BCUT2D eigenvalue weighted by Gasteiger charge is 2.45. The molecule has 1 saturated heterocycles. The summed E-state index contributed by atoms with van der Waals surface area (Å²) < 4.78 is 18.7. The molecule has 4 radical (unpaired) electrons. The van der Waals surface area contributed by atoms with E-state index in [-0.39, 0.29) is 11.7 Å². The van der Waals surface area contributed by atoms with Crippen molar-refractivity contribution in [1.29, 1.82) is 0 Å². The number of para-hydroxylation sites is 1. The molecule has 5 rings (SSSR count). The first-order chi connectivity index (χ1) is 14.4. The number of amides is 1. The molecule has 1 fully saturated rings. The number of hydrogen-bond acceptors (Lipinski definition) is 4. The van der Waals surface area contributed by atoms with Crippen molar-refractivity contribution in [3.05, 3.63) is 53.8 Å². The van der Waals surface area contributed by atoms with Crippen molar-refractivity contribution in [3.8, 4) is 5.75 Å². The van der Waals surface area contributed by atoms with E-state index < -0.39 is 5.40 Å². The number of likely N-dealkylation sites (tertiary alicyclic amines) is 1. The molecule has 3 aliphatic rings. The molecule has 0 bridgehead atoms. The van der Waals surface area contributed by atoms with E-state index in [2.05, 4.69) is 21.2 Å². The zero-order valence-corrected chi connectivity index (χ0v) is 16.7. The van der Waals surface area contributed by atoms with Gasteiger partial charge in [0.05, 0.1) is 17.9 Å². The van der Waals surface area contributed by atoms with Crippen LogP contribution in [-0.4, -0.2) is 64.1 Å². The van der Waals surface area contributed by atoms with Crippen molar-refractivity contribution in [2.24, 2.45) is 0 Å². The predicted molar refractivity (Wildman–Crippen MR) is 116 cm³/mol. The lowest BCUT2D eigenvalue weighted by molar-refractivity contribution is -0.115. The second kappa shape index (κ2) is 7.34. The Hall–Kier alpha value is -2.47. The van der Waals surface area contributed by atoms with Crippen LogP contribution in [0.5, 0.6) is 5.75 Å². The number of ether oxygens (including phenoxy) is 1. The first-order valence-electron chi connectivity index (χ1n) is 10.3. The SMILES string of the molecule is [B]C([B])(CCN1CCC2[C@@H](C1)c1cccc3c1N2CC(=O)N3)Oc1ccc(F)cc1. The summed E-state index contributed by atoms with van der Waals surface area (Å²) in [6.45, 7) is 2.92. The first kappa shape index (κ1) is 19.5. The van der Waals surface area contributed by atoms with Crippen LogP contribution in [0.25, 0.3) is 0 Å². The number of benzene rings is 2. The van der Waals surface area contributed by atoms with Crippen molar-refractivity contribution in [2.45, 2.75) is 30.2 Å². The molecule has 8 heteroatoms. The van der Waals surface area contributed by atoms with Crippen LogP contribution in [0.4, 0.5) is 15.8 Å². The Morgan fingerprint density at radius 3 is 2.80 bits per heavy atom. The fourth-order valence-electron chi connectivity index (χ4n) is 4.98. The third-order valence-electron chi connectivity index (χ3n) is 6.34. The molecule has 0 saturated carbocycles. The highest BCUT2D eigenvalue weighted by atomic mass is 19.1. The van der Waals surface area contributed by atoms with Gasteiger partial charge < -0.3 is 19.9 Å². The lowest BCUT2D eigenvalue weighted by Crippen LogP contribution is -2.50. The Bertz CT molecular complexity index is 969. The van der Waals surface area contributed by atoms with Gasteiger partial charge in [0.25, 0.3) is 0 Å². The Morgan fingerprint density at radius 1 is 1.20 bits per heavy atom. The minimum Gasteiger partial charge on any atom is -0.507 e. The molecular formula is C22H22B2FN3O2. The number of piperidine rings is 1. The van der Waals surface area contributed by atoms with E-state index in [1.807, 2.05) is 12.1 Å². The van der Waals surface area contributed by atoms with Crippen LogP contribution >= 0.6 is 0 Å². The average molecular weight is 401 g/mol. The summed E-state index contributed by atoms with van der Waals surface area (Å²) in [5.74, 6) is 0.518. The molecule has 3 aliphatic heterocycles. The van der Waals surface area contributed by atoms with Gasteiger partial charge in [0.15, 0.2) is 0 Å². The van der Waals surface area contributed by atoms with Crippen LogP contribution in [0.1, 0.15) is 24.3 Å². The van der Waals surface area contributed by atoms with E-state index in [1.54, 1.807) is 0 Å². The fraction of sp³-hybridized carbons (Fsp3) is 0.409. The molecule has 2 atom stereocenters. The Morgan fingerprint density at radius 2 is 2.00 bits per heavy atom. The van der Waals surface area contributed by atoms with Crippen LogP contribution in [0.3, 0.4) is 0 Å². The molecule has 1 amide bonds. The van der Waals surface area contributed by atoms with E-state index in [0.717, 1.165) is 25.2 Å². The number of nitrogens with one attached hydrogen (secondary N) is 1. The maximum absolute atomic E-state index is 13.1. The highest BCUT2D eigenvalue weighted by molar-refractivity contribution is 6.39. The fourth-order valence-corrected chi connectivity index (χ4v) is 4.98. The highest BCUT2D eigenvalue weighted by Crippen LogP contribution is 2.49. The average Bonchev–Trinajstić information content (AvgIpc) is 3.03. The maximum atomic E-state index is 13.1. The van der Waals surface area contributed by atoms with Crippen LogP contribution in [-0.2, 0) is 4.79 Å². The quantitative estimate of drug-likeness (QED) is 0.781. The zero-order chi connectivity index (χ0) is 20.9. The molecule has 5 nitrogen and oxygen atoms in total. The predicted octanol–water partition coefficient (Wildman–Crippen LogP) is 2.22. The summed E-state index contributed by atoms with van der Waals surface area (Å²) in [6.07, 6.45) is 1.42. The van der Waals surface area contributed by atoms with Crippen molar-refractivity contribution in [1.82, 2.24) is 4.90 Å². The Balaban J connectivity index is 1.25. The Kier molecular flexibility index (Phi) is 4.77. The summed E-state index contributed by atoms with van der Waals surface area (Å²) in [7, 11) is 12.3. The van der Waals surface area contributed by atoms with Gasteiger partial charge in [0.2, 0.25) is 5.91 Å². The summed E-state index contributed by atoms with van der Waals surface area (Å²) in [6, 6.07) is 12.2. The van der Waals surface area contributed by atoms with Crippen molar-refractivity contribution in [3.63, 3.8) is 0 Å². The molecular weight excluding hydrogens is 379 g/mol. The second-order valence-electron chi connectivity index (χ2n) is 8.44. The molecule has 0 aliphatic carbocycles. The van der Waals surface area contributed by atoms with E-state index in [1.165, 1.54) is 35.5 Å².